The molecular formula is C10H20FNO. The largest absolute Gasteiger partial charge is 0.394 e. The normalized spacial score (nSPS) is 34.8. The van der Waals surface area contributed by atoms with E-state index in [1.807, 2.05) is 0 Å². The second kappa shape index (κ2) is 4.91. The standard InChI is InChI=1S/C10H20FNO/c1-9-2-4-10(8-13,5-3-9)12-7-6-11/h9,12-13H,2-8H2,1H3. The topological polar surface area (TPSA) is 32.3 Å². The van der Waals surface area contributed by atoms with Crippen LogP contribution in [0.3, 0.4) is 0 Å². The fourth-order valence-electron chi connectivity index (χ4n) is 2.02. The highest BCUT2D eigenvalue weighted by Crippen LogP contribution is 2.31. The van der Waals surface area contributed by atoms with Gasteiger partial charge in [-0.25, -0.2) is 4.39 Å². The van der Waals surface area contributed by atoms with Crippen molar-refractivity contribution in [3.8, 4) is 0 Å². The van der Waals surface area contributed by atoms with Crippen LogP contribution in [0.15, 0.2) is 0 Å². The molecule has 2 N–H and O–H groups in total. The molecule has 13 heavy (non-hydrogen) atoms. The number of nitrogens with one attached hydrogen (secondary N) is 1. The van der Waals surface area contributed by atoms with Crippen molar-refractivity contribution < 1.29 is 9.50 Å². The first kappa shape index (κ1) is 10.9. The molecule has 0 radical (unpaired) electrons. The van der Waals surface area contributed by atoms with Crippen LogP contribution in [0.4, 0.5) is 4.39 Å². The number of aliphatic hydroxyl groups is 1. The van der Waals surface area contributed by atoms with Crippen LogP contribution in [0.25, 0.3) is 0 Å². The zero-order valence-corrected chi connectivity index (χ0v) is 8.35. The molecule has 3 heteroatoms. The van der Waals surface area contributed by atoms with Gasteiger partial charge in [-0.1, -0.05) is 6.92 Å². The van der Waals surface area contributed by atoms with Crippen molar-refractivity contribution in [3.05, 3.63) is 0 Å². The summed E-state index contributed by atoms with van der Waals surface area (Å²) in [6.07, 6.45) is 4.23. The number of hydrogen-bond donors (Lipinski definition) is 2. The van der Waals surface area contributed by atoms with E-state index < -0.39 is 0 Å². The molecule has 0 aromatic rings. The zero-order chi connectivity index (χ0) is 9.73. The van der Waals surface area contributed by atoms with Gasteiger partial charge in [-0.3, -0.25) is 0 Å². The molecule has 78 valence electrons. The molecule has 1 aliphatic rings. The Hall–Kier alpha value is -0.150. The van der Waals surface area contributed by atoms with Gasteiger partial charge in [0.2, 0.25) is 0 Å². The number of halogens is 1. The van der Waals surface area contributed by atoms with Crippen LogP contribution in [-0.4, -0.2) is 30.5 Å². The molecule has 0 heterocycles. The minimum absolute atomic E-state index is 0.139. The van der Waals surface area contributed by atoms with Crippen LogP contribution < -0.4 is 5.32 Å². The van der Waals surface area contributed by atoms with Crippen LogP contribution in [0.2, 0.25) is 0 Å². The molecule has 2 nitrogen and oxygen atoms in total. The van der Waals surface area contributed by atoms with Gasteiger partial charge < -0.3 is 10.4 Å². The van der Waals surface area contributed by atoms with E-state index >= 15 is 0 Å². The van der Waals surface area contributed by atoms with Crippen LogP contribution in [0, 0.1) is 5.92 Å². The Morgan fingerprint density at radius 3 is 2.54 bits per heavy atom. The third-order valence-corrected chi connectivity index (χ3v) is 3.13. The molecule has 0 atom stereocenters. The molecule has 0 amide bonds. The van der Waals surface area contributed by atoms with Crippen molar-refractivity contribution in [1.29, 1.82) is 0 Å². The van der Waals surface area contributed by atoms with Crippen LogP contribution >= 0.6 is 0 Å². The summed E-state index contributed by atoms with van der Waals surface area (Å²) in [4.78, 5) is 0. The van der Waals surface area contributed by atoms with Gasteiger partial charge in [-0.15, -0.1) is 0 Å². The first-order valence-corrected chi connectivity index (χ1v) is 5.14. The summed E-state index contributed by atoms with van der Waals surface area (Å²) < 4.78 is 12.0. The van der Waals surface area contributed by atoms with Crippen molar-refractivity contribution in [2.75, 3.05) is 19.8 Å². The zero-order valence-electron chi connectivity index (χ0n) is 8.35. The highest BCUT2D eigenvalue weighted by molar-refractivity contribution is 4.91. The molecular weight excluding hydrogens is 169 g/mol. The van der Waals surface area contributed by atoms with E-state index in [0.717, 1.165) is 31.6 Å². The molecule has 0 unspecified atom stereocenters. The minimum Gasteiger partial charge on any atom is -0.394 e. The van der Waals surface area contributed by atoms with Gasteiger partial charge in [-0.2, -0.15) is 0 Å². The number of rotatable bonds is 4. The Morgan fingerprint density at radius 1 is 1.46 bits per heavy atom. The third-order valence-electron chi connectivity index (χ3n) is 3.13. The van der Waals surface area contributed by atoms with Crippen molar-refractivity contribution in [1.82, 2.24) is 5.32 Å². The Kier molecular flexibility index (Phi) is 4.13. The molecule has 0 saturated heterocycles. The Labute approximate surface area is 79.5 Å². The molecule has 0 aromatic carbocycles. The molecule has 1 fully saturated rings. The first-order valence-electron chi connectivity index (χ1n) is 5.14. The summed E-state index contributed by atoms with van der Waals surface area (Å²) in [5.41, 5.74) is -0.182. The smallest absolute Gasteiger partial charge is 0.102 e. The quantitative estimate of drug-likeness (QED) is 0.702. The number of hydrogen-bond acceptors (Lipinski definition) is 2. The maximum Gasteiger partial charge on any atom is 0.102 e. The predicted molar refractivity (Wildman–Crippen MR) is 51.4 cm³/mol. The summed E-state index contributed by atoms with van der Waals surface area (Å²) in [6, 6.07) is 0. The SMILES string of the molecule is CC1CCC(CO)(NCCF)CC1. The lowest BCUT2D eigenvalue weighted by Crippen LogP contribution is -2.51. The van der Waals surface area contributed by atoms with Crippen LogP contribution in [-0.2, 0) is 0 Å². The van der Waals surface area contributed by atoms with E-state index in [2.05, 4.69) is 12.2 Å². The van der Waals surface area contributed by atoms with E-state index in [9.17, 15) is 9.50 Å². The second-order valence-corrected chi connectivity index (χ2v) is 4.24. The molecule has 1 rings (SSSR count). The second-order valence-electron chi connectivity index (χ2n) is 4.24. The van der Waals surface area contributed by atoms with E-state index in [4.69, 9.17) is 0 Å². The Bertz CT molecular complexity index is 138. The van der Waals surface area contributed by atoms with Crippen molar-refractivity contribution in [2.45, 2.75) is 38.1 Å². The average molecular weight is 189 g/mol. The van der Waals surface area contributed by atoms with Gasteiger partial charge in [0.05, 0.1) is 6.61 Å². The molecule has 1 saturated carbocycles. The molecule has 1 aliphatic carbocycles. The fourth-order valence-corrected chi connectivity index (χ4v) is 2.02. The lowest BCUT2D eigenvalue weighted by Gasteiger charge is -2.38. The lowest BCUT2D eigenvalue weighted by atomic mass is 9.77. The third kappa shape index (κ3) is 2.92. The van der Waals surface area contributed by atoms with Crippen molar-refractivity contribution in [3.63, 3.8) is 0 Å². The predicted octanol–water partition coefficient (Wildman–Crippen LogP) is 1.49. The maximum atomic E-state index is 12.0. The van der Waals surface area contributed by atoms with Gasteiger partial charge >= 0.3 is 0 Å². The molecule has 0 spiro atoms. The summed E-state index contributed by atoms with van der Waals surface area (Å²) in [5.74, 6) is 0.756. The van der Waals surface area contributed by atoms with Crippen LogP contribution in [0.1, 0.15) is 32.6 Å². The summed E-state index contributed by atoms with van der Waals surface area (Å²) >= 11 is 0. The lowest BCUT2D eigenvalue weighted by molar-refractivity contribution is 0.104. The average Bonchev–Trinajstić information content (AvgIpc) is 2.18. The summed E-state index contributed by atoms with van der Waals surface area (Å²) in [7, 11) is 0. The van der Waals surface area contributed by atoms with E-state index in [1.54, 1.807) is 0 Å². The number of aliphatic hydroxyl groups excluding tert-OH is 1. The van der Waals surface area contributed by atoms with Crippen molar-refractivity contribution >= 4 is 0 Å². The van der Waals surface area contributed by atoms with E-state index in [1.165, 1.54) is 0 Å². The Morgan fingerprint density at radius 2 is 2.08 bits per heavy atom. The Balaban J connectivity index is 2.40. The monoisotopic (exact) mass is 189 g/mol. The molecule has 0 aromatic heterocycles. The van der Waals surface area contributed by atoms with Gasteiger partial charge in [-0.05, 0) is 31.6 Å². The van der Waals surface area contributed by atoms with Gasteiger partial charge in [0.15, 0.2) is 0 Å². The first-order chi connectivity index (χ1) is 6.22. The van der Waals surface area contributed by atoms with Gasteiger partial charge in [0.1, 0.15) is 6.67 Å². The highest BCUT2D eigenvalue weighted by Gasteiger charge is 2.32. The van der Waals surface area contributed by atoms with Gasteiger partial charge in [0, 0.05) is 12.1 Å². The van der Waals surface area contributed by atoms with E-state index in [0.29, 0.717) is 6.54 Å². The maximum absolute atomic E-state index is 12.0. The molecule has 0 bridgehead atoms. The number of alkyl halides is 1. The summed E-state index contributed by atoms with van der Waals surface area (Å²) in [6.45, 7) is 2.39. The highest BCUT2D eigenvalue weighted by atomic mass is 19.1. The fraction of sp³-hybridized carbons (Fsp3) is 1.00. The van der Waals surface area contributed by atoms with E-state index in [-0.39, 0.29) is 18.8 Å². The summed E-state index contributed by atoms with van der Waals surface area (Å²) in [5, 5.41) is 12.4. The minimum atomic E-state index is -0.350. The van der Waals surface area contributed by atoms with Crippen molar-refractivity contribution in [2.24, 2.45) is 5.92 Å². The van der Waals surface area contributed by atoms with Crippen LogP contribution in [0.5, 0.6) is 0 Å². The van der Waals surface area contributed by atoms with Gasteiger partial charge in [0.25, 0.3) is 0 Å². The molecule has 0 aliphatic heterocycles.